The summed E-state index contributed by atoms with van der Waals surface area (Å²) < 4.78 is 3.17. The van der Waals surface area contributed by atoms with E-state index in [1.165, 1.54) is 28.3 Å². The van der Waals surface area contributed by atoms with E-state index in [4.69, 9.17) is 5.73 Å². The van der Waals surface area contributed by atoms with E-state index in [-0.39, 0.29) is 6.04 Å². The molecule has 0 fully saturated rings. The Labute approximate surface area is 142 Å². The van der Waals surface area contributed by atoms with Crippen molar-refractivity contribution < 1.29 is 0 Å². The van der Waals surface area contributed by atoms with Gasteiger partial charge >= 0.3 is 0 Å². The summed E-state index contributed by atoms with van der Waals surface area (Å²) >= 11 is 7.59. The largest absolute Gasteiger partial charge is 0.323 e. The number of halogens is 1. The van der Waals surface area contributed by atoms with Crippen LogP contribution in [0.1, 0.15) is 39.7 Å². The first-order valence-corrected chi connectivity index (χ1v) is 10.0. The molecule has 1 aliphatic rings. The molecule has 0 bridgehead atoms. The van der Waals surface area contributed by atoms with E-state index < -0.39 is 0 Å². The van der Waals surface area contributed by atoms with Gasteiger partial charge in [-0.05, 0) is 53.6 Å². The molecule has 21 heavy (non-hydrogen) atoms. The fourth-order valence-corrected chi connectivity index (χ4v) is 5.55. The first kappa shape index (κ1) is 15.6. The third kappa shape index (κ3) is 3.09. The minimum absolute atomic E-state index is 0.0586. The van der Waals surface area contributed by atoms with Crippen molar-refractivity contribution in [2.75, 3.05) is 5.75 Å². The predicted octanol–water partition coefficient (Wildman–Crippen LogP) is 4.07. The van der Waals surface area contributed by atoms with Gasteiger partial charge in [-0.1, -0.05) is 0 Å². The number of nitrogens with zero attached hydrogens (tertiary/aromatic N) is 2. The maximum atomic E-state index is 6.48. The standard InChI is InChI=1S/C15H20BrN3S2/c1-3-19-12(15(16)9(2)18-19)7-11(17)14-6-10-8-20-5-4-13(10)21-14/h6,11H,3-5,7-8,17H2,1-2H3. The Balaban J connectivity index is 1.83. The number of aryl methyl sites for hydroxylation is 3. The highest BCUT2D eigenvalue weighted by atomic mass is 79.9. The van der Waals surface area contributed by atoms with Crippen LogP contribution in [0.25, 0.3) is 0 Å². The quantitative estimate of drug-likeness (QED) is 0.862. The van der Waals surface area contributed by atoms with E-state index in [0.29, 0.717) is 0 Å². The van der Waals surface area contributed by atoms with Crippen LogP contribution >= 0.6 is 39.0 Å². The first-order valence-electron chi connectivity index (χ1n) is 7.26. The van der Waals surface area contributed by atoms with Crippen molar-refractivity contribution in [3.63, 3.8) is 0 Å². The molecule has 0 spiro atoms. The van der Waals surface area contributed by atoms with Crippen LogP contribution in [0, 0.1) is 6.92 Å². The van der Waals surface area contributed by atoms with E-state index in [0.717, 1.165) is 28.9 Å². The molecule has 3 rings (SSSR count). The highest BCUT2D eigenvalue weighted by Crippen LogP contribution is 2.35. The number of nitrogens with two attached hydrogens (primary N) is 1. The lowest BCUT2D eigenvalue weighted by atomic mass is 10.1. The molecule has 1 aliphatic heterocycles. The van der Waals surface area contributed by atoms with Gasteiger partial charge in [0.15, 0.2) is 0 Å². The summed E-state index contributed by atoms with van der Waals surface area (Å²) in [5.74, 6) is 2.39. The van der Waals surface area contributed by atoms with Gasteiger partial charge in [-0.25, -0.2) is 0 Å². The molecule has 0 amide bonds. The van der Waals surface area contributed by atoms with Crippen LogP contribution in [0.15, 0.2) is 10.5 Å². The normalized spacial score (nSPS) is 16.0. The van der Waals surface area contributed by atoms with Gasteiger partial charge in [-0.15, -0.1) is 11.3 Å². The number of thiophene rings is 1. The van der Waals surface area contributed by atoms with Gasteiger partial charge in [0, 0.05) is 34.5 Å². The smallest absolute Gasteiger partial charge is 0.0738 e. The maximum absolute atomic E-state index is 6.48. The van der Waals surface area contributed by atoms with Crippen LogP contribution in [0.2, 0.25) is 0 Å². The van der Waals surface area contributed by atoms with Gasteiger partial charge in [0.25, 0.3) is 0 Å². The highest BCUT2D eigenvalue weighted by molar-refractivity contribution is 9.10. The molecule has 2 aromatic rings. The summed E-state index contributed by atoms with van der Waals surface area (Å²) in [5.41, 5.74) is 10.2. The molecule has 0 aromatic carbocycles. The van der Waals surface area contributed by atoms with E-state index in [9.17, 15) is 0 Å². The maximum Gasteiger partial charge on any atom is 0.0738 e. The lowest BCUT2D eigenvalue weighted by molar-refractivity contribution is 0.589. The molecular formula is C15H20BrN3S2. The molecule has 6 heteroatoms. The van der Waals surface area contributed by atoms with Gasteiger partial charge in [0.05, 0.1) is 15.9 Å². The first-order chi connectivity index (χ1) is 10.1. The predicted molar refractivity (Wildman–Crippen MR) is 95.2 cm³/mol. The van der Waals surface area contributed by atoms with Gasteiger partial charge in [-0.2, -0.15) is 16.9 Å². The molecule has 3 nitrogen and oxygen atoms in total. The van der Waals surface area contributed by atoms with Gasteiger partial charge in [-0.3, -0.25) is 4.68 Å². The Morgan fingerprint density at radius 2 is 2.33 bits per heavy atom. The Bertz CT molecular complexity index is 624. The zero-order chi connectivity index (χ0) is 15.0. The topological polar surface area (TPSA) is 43.8 Å². The molecule has 3 heterocycles. The van der Waals surface area contributed by atoms with Crippen molar-refractivity contribution in [1.82, 2.24) is 9.78 Å². The Hall–Kier alpha value is -0.300. The second-order valence-corrected chi connectivity index (χ2v) is 8.44. The zero-order valence-electron chi connectivity index (χ0n) is 12.4. The van der Waals surface area contributed by atoms with E-state index >= 15 is 0 Å². The summed E-state index contributed by atoms with van der Waals surface area (Å²) in [6, 6.07) is 2.38. The number of thioether (sulfide) groups is 1. The average Bonchev–Trinajstić information content (AvgIpc) is 3.03. The van der Waals surface area contributed by atoms with Crippen LogP contribution in [0.3, 0.4) is 0 Å². The Morgan fingerprint density at radius 3 is 3.05 bits per heavy atom. The molecule has 1 unspecified atom stereocenters. The molecule has 0 saturated carbocycles. The van der Waals surface area contributed by atoms with Gasteiger partial charge in [0.1, 0.15) is 0 Å². The highest BCUT2D eigenvalue weighted by Gasteiger charge is 2.20. The minimum Gasteiger partial charge on any atom is -0.323 e. The number of aromatic nitrogens is 2. The third-order valence-corrected chi connectivity index (χ3v) is 7.29. The van der Waals surface area contributed by atoms with Crippen LogP contribution in [0.5, 0.6) is 0 Å². The Morgan fingerprint density at radius 1 is 1.52 bits per heavy atom. The molecule has 1 atom stereocenters. The molecule has 2 aromatic heterocycles. The molecular weight excluding hydrogens is 366 g/mol. The summed E-state index contributed by atoms with van der Waals surface area (Å²) in [5, 5.41) is 4.55. The number of hydrogen-bond acceptors (Lipinski definition) is 4. The van der Waals surface area contributed by atoms with Crippen LogP contribution < -0.4 is 5.73 Å². The lowest BCUT2D eigenvalue weighted by Gasteiger charge is -2.11. The summed E-state index contributed by atoms with van der Waals surface area (Å²) in [7, 11) is 0. The summed E-state index contributed by atoms with van der Waals surface area (Å²) in [6.07, 6.45) is 2.04. The SMILES string of the molecule is CCn1nc(C)c(Br)c1CC(N)c1cc2c(s1)CCSC2. The second-order valence-electron chi connectivity index (χ2n) is 5.37. The third-order valence-electron chi connectivity index (χ3n) is 3.88. The number of rotatable bonds is 4. The van der Waals surface area contributed by atoms with Crippen molar-refractivity contribution in [2.45, 2.75) is 45.0 Å². The van der Waals surface area contributed by atoms with Crippen molar-refractivity contribution in [3.8, 4) is 0 Å². The molecule has 0 radical (unpaired) electrons. The van der Waals surface area contributed by atoms with Crippen molar-refractivity contribution >= 4 is 39.0 Å². The van der Waals surface area contributed by atoms with E-state index in [1.807, 2.05) is 30.0 Å². The van der Waals surface area contributed by atoms with Crippen molar-refractivity contribution in [2.24, 2.45) is 5.73 Å². The van der Waals surface area contributed by atoms with Crippen LogP contribution in [0.4, 0.5) is 0 Å². The fourth-order valence-electron chi connectivity index (χ4n) is 2.73. The second kappa shape index (κ2) is 6.44. The minimum atomic E-state index is 0.0586. The van der Waals surface area contributed by atoms with Gasteiger partial charge in [0.2, 0.25) is 0 Å². The monoisotopic (exact) mass is 385 g/mol. The zero-order valence-corrected chi connectivity index (χ0v) is 15.6. The average molecular weight is 386 g/mol. The van der Waals surface area contributed by atoms with E-state index in [1.54, 1.807) is 4.88 Å². The van der Waals surface area contributed by atoms with Crippen molar-refractivity contribution in [1.29, 1.82) is 0 Å². The lowest BCUT2D eigenvalue weighted by Crippen LogP contribution is -2.15. The number of hydrogen-bond donors (Lipinski definition) is 1. The van der Waals surface area contributed by atoms with Crippen LogP contribution in [-0.2, 0) is 25.1 Å². The van der Waals surface area contributed by atoms with Crippen molar-refractivity contribution in [3.05, 3.63) is 37.2 Å². The molecule has 114 valence electrons. The van der Waals surface area contributed by atoms with Crippen LogP contribution in [-0.4, -0.2) is 15.5 Å². The van der Waals surface area contributed by atoms with E-state index in [2.05, 4.69) is 38.7 Å². The molecule has 0 saturated heterocycles. The summed E-state index contributed by atoms with van der Waals surface area (Å²) in [6.45, 7) is 5.04. The van der Waals surface area contributed by atoms with Gasteiger partial charge < -0.3 is 5.73 Å². The molecule has 0 aliphatic carbocycles. The fraction of sp³-hybridized carbons (Fsp3) is 0.533. The number of fused-ring (bicyclic) bond motifs is 1. The Kier molecular flexibility index (Phi) is 4.78. The summed E-state index contributed by atoms with van der Waals surface area (Å²) in [4.78, 5) is 2.86. The molecule has 2 N–H and O–H groups in total.